The Morgan fingerprint density at radius 3 is 2.69 bits per heavy atom. The lowest BCUT2D eigenvalue weighted by molar-refractivity contribution is 0.0580. The van der Waals surface area contributed by atoms with Crippen molar-refractivity contribution in [3.63, 3.8) is 0 Å². The van der Waals surface area contributed by atoms with Gasteiger partial charge < -0.3 is 4.74 Å². The molecular weight excluding hydrogens is 225 g/mol. The van der Waals surface area contributed by atoms with Gasteiger partial charge in [0.05, 0.1) is 7.11 Å². The van der Waals surface area contributed by atoms with Crippen LogP contribution in [0.1, 0.15) is 28.2 Å². The Morgan fingerprint density at radius 2 is 2.25 bits per heavy atom. The topological polar surface area (TPSA) is 63.0 Å². The average molecular weight is 230 g/mol. The molecule has 0 N–H and O–H groups in total. The van der Waals surface area contributed by atoms with Gasteiger partial charge in [0.1, 0.15) is 28.8 Å². The molecule has 0 aliphatic rings. The quantitative estimate of drug-likeness (QED) is 0.727. The maximum absolute atomic E-state index is 13.3. The number of nitrogens with zero attached hydrogens (tertiary/aromatic N) is 2. The maximum atomic E-state index is 13.3. The molecular formula is C9H5F3N2O2. The third kappa shape index (κ3) is 2.11. The molecule has 0 fully saturated rings. The van der Waals surface area contributed by atoms with Crippen molar-refractivity contribution >= 4 is 5.97 Å². The number of nitriles is 1. The summed E-state index contributed by atoms with van der Waals surface area (Å²) in [6.45, 7) is 0. The number of esters is 1. The van der Waals surface area contributed by atoms with E-state index in [0.717, 1.165) is 7.11 Å². The molecule has 0 aromatic carbocycles. The van der Waals surface area contributed by atoms with Crippen LogP contribution in [0.15, 0.2) is 6.07 Å². The van der Waals surface area contributed by atoms with E-state index in [9.17, 15) is 18.0 Å². The first kappa shape index (κ1) is 12.0. The number of aromatic nitrogens is 1. The largest absolute Gasteiger partial charge is 0.465 e. The SMILES string of the molecule is COC(=O)c1c(F)cc(C#N)nc1C(F)F. The van der Waals surface area contributed by atoms with Crippen LogP contribution < -0.4 is 0 Å². The Kier molecular flexibility index (Phi) is 3.45. The van der Waals surface area contributed by atoms with Crippen LogP contribution in [0, 0.1) is 17.1 Å². The van der Waals surface area contributed by atoms with Crippen molar-refractivity contribution in [2.45, 2.75) is 6.43 Å². The minimum Gasteiger partial charge on any atom is -0.465 e. The monoisotopic (exact) mass is 230 g/mol. The number of carbonyl (C=O) groups excluding carboxylic acids is 1. The average Bonchev–Trinajstić information content (AvgIpc) is 2.26. The molecule has 1 aromatic heterocycles. The minimum absolute atomic E-state index is 0.527. The first-order valence-corrected chi connectivity index (χ1v) is 3.98. The van der Waals surface area contributed by atoms with E-state index >= 15 is 0 Å². The predicted molar refractivity (Wildman–Crippen MR) is 45.2 cm³/mol. The van der Waals surface area contributed by atoms with Crippen molar-refractivity contribution in [3.05, 3.63) is 28.8 Å². The van der Waals surface area contributed by atoms with Gasteiger partial charge in [0.25, 0.3) is 6.43 Å². The van der Waals surface area contributed by atoms with E-state index in [2.05, 4.69) is 9.72 Å². The summed E-state index contributed by atoms with van der Waals surface area (Å²) in [6, 6.07) is 2.01. The van der Waals surface area contributed by atoms with Gasteiger partial charge in [-0.1, -0.05) is 0 Å². The molecule has 84 valence electrons. The molecule has 1 heterocycles. The predicted octanol–water partition coefficient (Wildman–Crippen LogP) is 1.82. The zero-order valence-corrected chi connectivity index (χ0v) is 8.00. The number of hydrogen-bond acceptors (Lipinski definition) is 4. The molecule has 0 atom stereocenters. The molecule has 1 rings (SSSR count). The van der Waals surface area contributed by atoms with Crippen molar-refractivity contribution in [2.24, 2.45) is 0 Å². The Balaban J connectivity index is 3.47. The van der Waals surface area contributed by atoms with Gasteiger partial charge in [-0.2, -0.15) is 5.26 Å². The van der Waals surface area contributed by atoms with E-state index in [1.807, 2.05) is 0 Å². The molecule has 0 amide bonds. The Morgan fingerprint density at radius 1 is 1.62 bits per heavy atom. The third-order valence-electron chi connectivity index (χ3n) is 1.71. The summed E-state index contributed by atoms with van der Waals surface area (Å²) in [5.74, 6) is -2.52. The van der Waals surface area contributed by atoms with Crippen molar-refractivity contribution in [2.75, 3.05) is 7.11 Å². The van der Waals surface area contributed by atoms with Crippen molar-refractivity contribution in [1.29, 1.82) is 5.26 Å². The fraction of sp³-hybridized carbons (Fsp3) is 0.222. The van der Waals surface area contributed by atoms with Crippen molar-refractivity contribution < 1.29 is 22.7 Å². The summed E-state index contributed by atoms with van der Waals surface area (Å²) in [6.07, 6.45) is -3.17. The van der Waals surface area contributed by atoms with Gasteiger partial charge in [0, 0.05) is 6.07 Å². The maximum Gasteiger partial charge on any atom is 0.342 e. The van der Waals surface area contributed by atoms with Crippen LogP contribution in [0.3, 0.4) is 0 Å². The molecule has 1 aromatic rings. The highest BCUT2D eigenvalue weighted by atomic mass is 19.3. The molecule has 0 aliphatic heterocycles. The first-order valence-electron chi connectivity index (χ1n) is 3.98. The summed E-state index contributed by atoms with van der Waals surface area (Å²) in [7, 11) is 0.926. The lowest BCUT2D eigenvalue weighted by atomic mass is 10.1. The van der Waals surface area contributed by atoms with Crippen LogP contribution in [0.2, 0.25) is 0 Å². The standard InChI is InChI=1S/C9H5F3N2O2/c1-16-9(15)6-5(10)2-4(3-13)14-7(6)8(11)12/h2,8H,1H3. The van der Waals surface area contributed by atoms with Crippen LogP contribution in [0.25, 0.3) is 0 Å². The zero-order chi connectivity index (χ0) is 12.3. The van der Waals surface area contributed by atoms with Crippen LogP contribution in [-0.2, 0) is 4.74 Å². The summed E-state index contributed by atoms with van der Waals surface area (Å²) in [5, 5.41) is 8.41. The van der Waals surface area contributed by atoms with Crippen LogP contribution in [0.5, 0.6) is 0 Å². The van der Waals surface area contributed by atoms with Crippen LogP contribution in [0.4, 0.5) is 13.2 Å². The number of halogens is 3. The number of carbonyl (C=O) groups is 1. The lowest BCUT2D eigenvalue weighted by Gasteiger charge is -2.07. The highest BCUT2D eigenvalue weighted by Crippen LogP contribution is 2.24. The van der Waals surface area contributed by atoms with E-state index in [1.165, 1.54) is 6.07 Å². The Bertz CT molecular complexity index is 469. The Hall–Kier alpha value is -2.10. The molecule has 0 saturated heterocycles. The van der Waals surface area contributed by atoms with Gasteiger partial charge in [0.2, 0.25) is 0 Å². The van der Waals surface area contributed by atoms with Crippen LogP contribution in [-0.4, -0.2) is 18.1 Å². The second-order valence-electron chi connectivity index (χ2n) is 2.65. The smallest absolute Gasteiger partial charge is 0.342 e. The zero-order valence-electron chi connectivity index (χ0n) is 8.00. The number of pyridine rings is 1. The van der Waals surface area contributed by atoms with E-state index in [0.29, 0.717) is 6.07 Å². The normalized spacial score (nSPS) is 10.0. The minimum atomic E-state index is -3.17. The molecule has 0 saturated carbocycles. The fourth-order valence-corrected chi connectivity index (χ4v) is 1.05. The Labute approximate surface area is 88.3 Å². The number of alkyl halides is 2. The summed E-state index contributed by atoms with van der Waals surface area (Å²) in [4.78, 5) is 14.2. The van der Waals surface area contributed by atoms with Crippen molar-refractivity contribution in [1.82, 2.24) is 4.98 Å². The molecule has 4 nitrogen and oxygen atoms in total. The molecule has 0 bridgehead atoms. The van der Waals surface area contributed by atoms with E-state index < -0.39 is 35.2 Å². The molecule has 16 heavy (non-hydrogen) atoms. The summed E-state index contributed by atoms with van der Waals surface area (Å²) >= 11 is 0. The van der Waals surface area contributed by atoms with Gasteiger partial charge in [-0.3, -0.25) is 0 Å². The summed E-state index contributed by atoms with van der Waals surface area (Å²) in [5.41, 5.74) is -2.57. The van der Waals surface area contributed by atoms with Gasteiger partial charge in [-0.15, -0.1) is 0 Å². The first-order chi connectivity index (χ1) is 7.51. The van der Waals surface area contributed by atoms with Gasteiger partial charge in [-0.25, -0.2) is 22.9 Å². The van der Waals surface area contributed by atoms with E-state index in [1.54, 1.807) is 0 Å². The molecule has 7 heteroatoms. The fourth-order valence-electron chi connectivity index (χ4n) is 1.05. The van der Waals surface area contributed by atoms with Gasteiger partial charge >= 0.3 is 5.97 Å². The molecule has 0 unspecified atom stereocenters. The highest BCUT2D eigenvalue weighted by molar-refractivity contribution is 5.91. The number of rotatable bonds is 2. The van der Waals surface area contributed by atoms with Gasteiger partial charge in [0.15, 0.2) is 0 Å². The number of methoxy groups -OCH3 is 1. The second kappa shape index (κ2) is 4.61. The van der Waals surface area contributed by atoms with Gasteiger partial charge in [-0.05, 0) is 0 Å². The lowest BCUT2D eigenvalue weighted by Crippen LogP contribution is -2.12. The van der Waals surface area contributed by atoms with Crippen LogP contribution >= 0.6 is 0 Å². The van der Waals surface area contributed by atoms with E-state index in [4.69, 9.17) is 5.26 Å². The molecule has 0 spiro atoms. The second-order valence-corrected chi connectivity index (χ2v) is 2.65. The molecule has 0 aliphatic carbocycles. The molecule has 0 radical (unpaired) electrons. The number of ether oxygens (including phenoxy) is 1. The summed E-state index contributed by atoms with van der Waals surface area (Å²) < 4.78 is 42.4. The third-order valence-corrected chi connectivity index (χ3v) is 1.71. The van der Waals surface area contributed by atoms with E-state index in [-0.39, 0.29) is 0 Å². The highest BCUT2D eigenvalue weighted by Gasteiger charge is 2.26. The van der Waals surface area contributed by atoms with Crippen molar-refractivity contribution in [3.8, 4) is 6.07 Å². The number of hydrogen-bond donors (Lipinski definition) is 0.